The summed E-state index contributed by atoms with van der Waals surface area (Å²) in [7, 11) is 1.75. The van der Waals surface area contributed by atoms with Crippen LogP contribution in [0.2, 0.25) is 0 Å². The molecule has 6 heteroatoms. The molecule has 0 bridgehead atoms. The Bertz CT molecular complexity index is 601. The summed E-state index contributed by atoms with van der Waals surface area (Å²) in [5, 5.41) is 9.49. The first-order valence-electron chi connectivity index (χ1n) is 10.0. The zero-order valence-electron chi connectivity index (χ0n) is 16.9. The first-order valence-corrected chi connectivity index (χ1v) is 10.0. The Morgan fingerprint density at radius 2 is 1.96 bits per heavy atom. The molecule has 27 heavy (non-hydrogen) atoms. The van der Waals surface area contributed by atoms with Crippen molar-refractivity contribution in [1.82, 2.24) is 16.0 Å². The van der Waals surface area contributed by atoms with Crippen molar-refractivity contribution in [2.45, 2.75) is 45.6 Å². The van der Waals surface area contributed by atoms with Crippen molar-refractivity contribution in [3.05, 3.63) is 35.4 Å². The number of hydrogen-bond donors (Lipinski definition) is 3. The number of carbonyl (C=O) groups is 1. The van der Waals surface area contributed by atoms with Gasteiger partial charge in [-0.25, -0.2) is 0 Å². The van der Waals surface area contributed by atoms with E-state index in [1.807, 2.05) is 6.92 Å². The molecule has 0 aliphatic carbocycles. The number of ether oxygens (including phenoxy) is 1. The van der Waals surface area contributed by atoms with Gasteiger partial charge in [0.1, 0.15) is 0 Å². The maximum atomic E-state index is 11.7. The summed E-state index contributed by atoms with van der Waals surface area (Å²) in [6, 6.07) is 8.62. The molecule has 2 rings (SSSR count). The van der Waals surface area contributed by atoms with Crippen molar-refractivity contribution in [2.24, 2.45) is 10.9 Å². The average molecular weight is 375 g/mol. The van der Waals surface area contributed by atoms with Crippen LogP contribution >= 0.6 is 0 Å². The van der Waals surface area contributed by atoms with E-state index >= 15 is 0 Å². The van der Waals surface area contributed by atoms with Gasteiger partial charge in [0.2, 0.25) is 5.91 Å². The molecule has 2 atom stereocenters. The van der Waals surface area contributed by atoms with Crippen molar-refractivity contribution in [2.75, 3.05) is 33.3 Å². The molecule has 1 aliphatic heterocycles. The van der Waals surface area contributed by atoms with E-state index in [4.69, 9.17) is 4.74 Å². The first-order chi connectivity index (χ1) is 13.1. The third-order valence-electron chi connectivity index (χ3n) is 4.82. The molecule has 0 radical (unpaired) electrons. The fourth-order valence-corrected chi connectivity index (χ4v) is 3.27. The third-order valence-corrected chi connectivity index (χ3v) is 4.82. The second kappa shape index (κ2) is 11.6. The minimum absolute atomic E-state index is 0.0694. The van der Waals surface area contributed by atoms with Crippen LogP contribution in [-0.2, 0) is 9.53 Å². The van der Waals surface area contributed by atoms with Crippen LogP contribution in [0.4, 0.5) is 0 Å². The molecular weight excluding hydrogens is 340 g/mol. The summed E-state index contributed by atoms with van der Waals surface area (Å²) in [6.45, 7) is 7.05. The van der Waals surface area contributed by atoms with E-state index in [1.165, 1.54) is 11.1 Å². The summed E-state index contributed by atoms with van der Waals surface area (Å²) in [5.41, 5.74) is 2.50. The molecule has 1 amide bonds. The van der Waals surface area contributed by atoms with Gasteiger partial charge in [-0.15, -0.1) is 0 Å². The van der Waals surface area contributed by atoms with Crippen LogP contribution in [0.25, 0.3) is 0 Å². The van der Waals surface area contributed by atoms with Gasteiger partial charge in [-0.05, 0) is 31.7 Å². The molecular formula is C21H34N4O2. The fraction of sp³-hybridized carbons (Fsp3) is 0.619. The molecule has 150 valence electrons. The molecule has 1 fully saturated rings. The second-order valence-electron chi connectivity index (χ2n) is 7.08. The monoisotopic (exact) mass is 374 g/mol. The van der Waals surface area contributed by atoms with Crippen molar-refractivity contribution < 1.29 is 9.53 Å². The Hall–Kier alpha value is -2.08. The molecule has 1 aromatic rings. The minimum atomic E-state index is 0.0694. The van der Waals surface area contributed by atoms with E-state index < -0.39 is 0 Å². The van der Waals surface area contributed by atoms with Crippen LogP contribution in [0.15, 0.2) is 29.3 Å². The zero-order valence-corrected chi connectivity index (χ0v) is 16.9. The Morgan fingerprint density at radius 3 is 2.67 bits per heavy atom. The largest absolute Gasteiger partial charge is 0.373 e. The number of nitrogens with zero attached hydrogens (tertiary/aromatic N) is 1. The van der Waals surface area contributed by atoms with Crippen LogP contribution in [-0.4, -0.2) is 45.2 Å². The van der Waals surface area contributed by atoms with Gasteiger partial charge in [0, 0.05) is 45.6 Å². The number of amides is 1. The van der Waals surface area contributed by atoms with E-state index in [0.717, 1.165) is 44.9 Å². The SMILES string of the molecule is CCCNC(=O)CCNC(=NC)NCC1CCCOC1c1ccc(C)cc1. The molecule has 6 nitrogen and oxygen atoms in total. The number of aliphatic imine (C=N–C) groups is 1. The van der Waals surface area contributed by atoms with E-state index in [2.05, 4.69) is 52.1 Å². The molecule has 1 heterocycles. The minimum Gasteiger partial charge on any atom is -0.373 e. The number of guanidine groups is 1. The van der Waals surface area contributed by atoms with E-state index in [-0.39, 0.29) is 12.0 Å². The van der Waals surface area contributed by atoms with Gasteiger partial charge in [-0.3, -0.25) is 9.79 Å². The quantitative estimate of drug-likeness (QED) is 0.483. The van der Waals surface area contributed by atoms with Gasteiger partial charge in [0.05, 0.1) is 6.10 Å². The van der Waals surface area contributed by atoms with Crippen LogP contribution in [0, 0.1) is 12.8 Å². The normalized spacial score (nSPS) is 20.2. The van der Waals surface area contributed by atoms with Gasteiger partial charge < -0.3 is 20.7 Å². The van der Waals surface area contributed by atoms with Crippen LogP contribution in [0.5, 0.6) is 0 Å². The van der Waals surface area contributed by atoms with Crippen LogP contribution in [0.3, 0.4) is 0 Å². The van der Waals surface area contributed by atoms with Crippen molar-refractivity contribution in [3.63, 3.8) is 0 Å². The van der Waals surface area contributed by atoms with Gasteiger partial charge in [0.15, 0.2) is 5.96 Å². The van der Waals surface area contributed by atoms with Crippen molar-refractivity contribution in [3.8, 4) is 0 Å². The lowest BCUT2D eigenvalue weighted by Crippen LogP contribution is -2.43. The van der Waals surface area contributed by atoms with E-state index in [1.54, 1.807) is 7.05 Å². The maximum Gasteiger partial charge on any atom is 0.221 e. The number of rotatable bonds is 8. The highest BCUT2D eigenvalue weighted by atomic mass is 16.5. The summed E-state index contributed by atoms with van der Waals surface area (Å²) in [6.07, 6.45) is 3.72. The molecule has 2 unspecified atom stereocenters. The second-order valence-corrected chi connectivity index (χ2v) is 7.08. The lowest BCUT2D eigenvalue weighted by atomic mass is 9.89. The number of hydrogen-bond acceptors (Lipinski definition) is 3. The van der Waals surface area contributed by atoms with Crippen molar-refractivity contribution in [1.29, 1.82) is 0 Å². The molecule has 1 aliphatic rings. The molecule has 0 saturated carbocycles. The Morgan fingerprint density at radius 1 is 1.19 bits per heavy atom. The van der Waals surface area contributed by atoms with E-state index in [0.29, 0.717) is 18.9 Å². The molecule has 0 spiro atoms. The summed E-state index contributed by atoms with van der Waals surface area (Å²) in [5.74, 6) is 1.19. The highest BCUT2D eigenvalue weighted by molar-refractivity contribution is 5.81. The third kappa shape index (κ3) is 7.21. The molecule has 1 saturated heterocycles. The van der Waals surface area contributed by atoms with E-state index in [9.17, 15) is 4.79 Å². The molecule has 3 N–H and O–H groups in total. The standard InChI is InChI=1S/C21H34N4O2/c1-4-12-23-19(26)11-13-24-21(22-3)25-15-18-6-5-14-27-20(18)17-9-7-16(2)8-10-17/h7-10,18,20H,4-6,11-15H2,1-3H3,(H,23,26)(H2,22,24,25). The van der Waals surface area contributed by atoms with Crippen LogP contribution in [0.1, 0.15) is 49.8 Å². The fourth-order valence-electron chi connectivity index (χ4n) is 3.27. The number of benzene rings is 1. The Kier molecular flexibility index (Phi) is 9.11. The Balaban J connectivity index is 1.81. The predicted octanol–water partition coefficient (Wildman–Crippen LogP) is 2.54. The van der Waals surface area contributed by atoms with Gasteiger partial charge in [0.25, 0.3) is 0 Å². The summed E-state index contributed by atoms with van der Waals surface area (Å²) in [4.78, 5) is 15.9. The topological polar surface area (TPSA) is 74.8 Å². The van der Waals surface area contributed by atoms with Gasteiger partial charge >= 0.3 is 0 Å². The number of nitrogens with one attached hydrogen (secondary N) is 3. The first kappa shape index (κ1) is 21.2. The highest BCUT2D eigenvalue weighted by Gasteiger charge is 2.27. The highest BCUT2D eigenvalue weighted by Crippen LogP contribution is 2.33. The van der Waals surface area contributed by atoms with Crippen LogP contribution < -0.4 is 16.0 Å². The smallest absolute Gasteiger partial charge is 0.221 e. The lowest BCUT2D eigenvalue weighted by Gasteiger charge is -2.32. The maximum absolute atomic E-state index is 11.7. The zero-order chi connectivity index (χ0) is 19.5. The van der Waals surface area contributed by atoms with Gasteiger partial charge in [-0.1, -0.05) is 36.8 Å². The summed E-state index contributed by atoms with van der Waals surface area (Å²) >= 11 is 0. The summed E-state index contributed by atoms with van der Waals surface area (Å²) < 4.78 is 6.08. The Labute approximate surface area is 163 Å². The average Bonchev–Trinajstić information content (AvgIpc) is 2.70. The lowest BCUT2D eigenvalue weighted by molar-refractivity contribution is -0.120. The molecule has 1 aromatic carbocycles. The number of aryl methyl sites for hydroxylation is 1. The van der Waals surface area contributed by atoms with Crippen molar-refractivity contribution >= 4 is 11.9 Å². The van der Waals surface area contributed by atoms with Gasteiger partial charge in [-0.2, -0.15) is 0 Å². The number of carbonyl (C=O) groups excluding carboxylic acids is 1. The predicted molar refractivity (Wildman–Crippen MR) is 110 cm³/mol. The molecule has 0 aromatic heterocycles.